The average molecular weight is 351 g/mol. The van der Waals surface area contributed by atoms with Crippen molar-refractivity contribution in [2.75, 3.05) is 13.1 Å². The lowest BCUT2D eigenvalue weighted by molar-refractivity contribution is -0.126. The van der Waals surface area contributed by atoms with Crippen molar-refractivity contribution in [3.63, 3.8) is 0 Å². The molecule has 0 aromatic heterocycles. The van der Waals surface area contributed by atoms with Crippen molar-refractivity contribution in [2.24, 2.45) is 5.41 Å². The molecule has 5 heteroatoms. The van der Waals surface area contributed by atoms with Crippen LogP contribution in [0.25, 0.3) is 0 Å². The van der Waals surface area contributed by atoms with Crippen molar-refractivity contribution < 1.29 is 4.79 Å². The number of rotatable bonds is 5. The van der Waals surface area contributed by atoms with Crippen molar-refractivity contribution in [3.05, 3.63) is 0 Å². The van der Waals surface area contributed by atoms with Gasteiger partial charge in [0.2, 0.25) is 13.3 Å². The lowest BCUT2D eigenvalue weighted by Gasteiger charge is -2.22. The van der Waals surface area contributed by atoms with E-state index >= 15 is 0 Å². The molecular formula is C12H25BIN2O. The topological polar surface area (TPSA) is 32.3 Å². The van der Waals surface area contributed by atoms with Gasteiger partial charge in [-0.05, 0) is 10.7 Å². The van der Waals surface area contributed by atoms with E-state index in [-0.39, 0.29) is 16.6 Å². The summed E-state index contributed by atoms with van der Waals surface area (Å²) in [5.41, 5.74) is 0.0610. The highest BCUT2D eigenvalue weighted by Crippen LogP contribution is 2.21. The Morgan fingerprint density at radius 3 is 2.18 bits per heavy atom. The van der Waals surface area contributed by atoms with E-state index in [0.717, 1.165) is 13.1 Å². The molecule has 0 rings (SSSR count). The monoisotopic (exact) mass is 351 g/mol. The molecule has 0 bridgehead atoms. The Morgan fingerprint density at radius 1 is 1.24 bits per heavy atom. The molecule has 0 aliphatic heterocycles. The fourth-order valence-corrected chi connectivity index (χ4v) is 1.62. The molecule has 1 amide bonds. The van der Waals surface area contributed by atoms with Crippen LogP contribution in [-0.2, 0) is 4.79 Å². The third kappa shape index (κ3) is 11.1. The van der Waals surface area contributed by atoms with Crippen LogP contribution in [0.5, 0.6) is 0 Å². The molecule has 0 heterocycles. The van der Waals surface area contributed by atoms with Crippen LogP contribution in [0, 0.1) is 5.41 Å². The Kier molecular flexibility index (Phi) is 7.06. The molecule has 0 aliphatic rings. The molecule has 0 unspecified atom stereocenters. The average Bonchev–Trinajstić information content (AvgIpc) is 2.07. The van der Waals surface area contributed by atoms with E-state index in [1.807, 2.05) is 0 Å². The molecule has 0 aliphatic carbocycles. The van der Waals surface area contributed by atoms with Crippen LogP contribution in [0.15, 0.2) is 0 Å². The third-order valence-electron chi connectivity index (χ3n) is 1.94. The quantitative estimate of drug-likeness (QED) is 0.358. The van der Waals surface area contributed by atoms with E-state index in [2.05, 4.69) is 77.0 Å². The van der Waals surface area contributed by atoms with Crippen LogP contribution >= 0.6 is 22.9 Å². The maximum absolute atomic E-state index is 11.8. The largest absolute Gasteiger partial charge is 0.358 e. The van der Waals surface area contributed by atoms with Crippen molar-refractivity contribution in [3.8, 4) is 0 Å². The lowest BCUT2D eigenvalue weighted by atomic mass is 9.64. The normalized spacial score (nSPS) is 12.4. The number of hydrogen-bond acceptors (Lipinski definition) is 2. The molecule has 1 radical (unpaired) electrons. The first-order valence-corrected chi connectivity index (χ1v) is 7.02. The fourth-order valence-electron chi connectivity index (χ4n) is 1.21. The Morgan fingerprint density at radius 2 is 1.76 bits per heavy atom. The predicted molar refractivity (Wildman–Crippen MR) is 83.3 cm³/mol. The number of halogens is 1. The summed E-state index contributed by atoms with van der Waals surface area (Å²) in [6.07, 6.45) is 0.596. The maximum atomic E-state index is 11.8. The predicted octanol–water partition coefficient (Wildman–Crippen LogP) is 3.03. The summed E-state index contributed by atoms with van der Waals surface area (Å²) >= 11 is 2.10. The van der Waals surface area contributed by atoms with Gasteiger partial charge in [-0.25, -0.2) is 0 Å². The number of amides is 1. The van der Waals surface area contributed by atoms with Crippen LogP contribution < -0.4 is 5.23 Å². The molecule has 0 saturated heterocycles. The molecule has 0 spiro atoms. The van der Waals surface area contributed by atoms with Crippen LogP contribution in [0.3, 0.4) is 0 Å². The first kappa shape index (κ1) is 17.2. The van der Waals surface area contributed by atoms with E-state index in [1.54, 1.807) is 3.11 Å². The van der Waals surface area contributed by atoms with E-state index in [9.17, 15) is 4.79 Å². The van der Waals surface area contributed by atoms with Gasteiger partial charge in [-0.3, -0.25) is 7.91 Å². The highest BCUT2D eigenvalue weighted by atomic mass is 127. The van der Waals surface area contributed by atoms with Gasteiger partial charge in [0.05, 0.1) is 22.9 Å². The SMILES string of the molecule is CC(C)(C)[B]NCCN(I)C(=O)CC(C)(C)C. The van der Waals surface area contributed by atoms with Gasteiger partial charge in [0.1, 0.15) is 0 Å². The molecule has 1 N–H and O–H groups in total. The Balaban J connectivity index is 3.80. The van der Waals surface area contributed by atoms with Crippen LogP contribution in [0.4, 0.5) is 0 Å². The summed E-state index contributed by atoms with van der Waals surface area (Å²) in [5.74, 6) is 0.204. The molecule has 0 aromatic carbocycles. The van der Waals surface area contributed by atoms with Gasteiger partial charge in [-0.1, -0.05) is 41.5 Å². The van der Waals surface area contributed by atoms with E-state index in [4.69, 9.17) is 0 Å². The van der Waals surface area contributed by atoms with E-state index in [0.29, 0.717) is 6.42 Å². The second-order valence-electron chi connectivity index (χ2n) is 6.68. The fraction of sp³-hybridized carbons (Fsp3) is 0.917. The summed E-state index contributed by atoms with van der Waals surface area (Å²) in [5, 5.41) is 3.42. The van der Waals surface area contributed by atoms with E-state index in [1.165, 1.54) is 0 Å². The lowest BCUT2D eigenvalue weighted by Crippen LogP contribution is -2.35. The molecular weight excluding hydrogens is 326 g/mol. The smallest absolute Gasteiger partial charge is 0.231 e. The van der Waals surface area contributed by atoms with Crippen LogP contribution in [0.2, 0.25) is 5.31 Å². The first-order valence-electron chi connectivity index (χ1n) is 6.05. The Labute approximate surface area is 121 Å². The van der Waals surface area contributed by atoms with Gasteiger partial charge in [-0.2, -0.15) is 0 Å². The summed E-state index contributed by atoms with van der Waals surface area (Å²) < 4.78 is 1.77. The number of nitrogens with one attached hydrogen (secondary N) is 1. The molecule has 0 atom stereocenters. The summed E-state index contributed by atoms with van der Waals surface area (Å²) in [7, 11) is 2.08. The molecule has 99 valence electrons. The third-order valence-corrected chi connectivity index (χ3v) is 2.96. The van der Waals surface area contributed by atoms with Crippen molar-refractivity contribution in [1.29, 1.82) is 0 Å². The van der Waals surface area contributed by atoms with Gasteiger partial charge in [0.25, 0.3) is 0 Å². The molecule has 17 heavy (non-hydrogen) atoms. The Bertz CT molecular complexity index is 246. The van der Waals surface area contributed by atoms with Crippen molar-refractivity contribution >= 4 is 36.2 Å². The van der Waals surface area contributed by atoms with Gasteiger partial charge >= 0.3 is 0 Å². The van der Waals surface area contributed by atoms with Gasteiger partial charge < -0.3 is 5.23 Å². The Hall–Kier alpha value is 0.225. The maximum Gasteiger partial charge on any atom is 0.231 e. The van der Waals surface area contributed by atoms with Gasteiger partial charge in [0.15, 0.2) is 0 Å². The number of carbonyl (C=O) groups is 1. The molecule has 0 saturated carbocycles. The summed E-state index contributed by atoms with van der Waals surface area (Å²) in [6.45, 7) is 14.2. The van der Waals surface area contributed by atoms with Crippen LogP contribution in [0.1, 0.15) is 48.0 Å². The zero-order valence-corrected chi connectivity index (χ0v) is 14.1. The molecule has 3 nitrogen and oxygen atoms in total. The standard InChI is InChI=1S/C12H25BIN2O/c1-11(2,3)9-10(17)16(14)8-7-15-13-12(4,5)6/h15H,7-9H2,1-6H3. The summed E-state index contributed by atoms with van der Waals surface area (Å²) in [6, 6.07) is 0. The van der Waals surface area contributed by atoms with E-state index < -0.39 is 0 Å². The second kappa shape index (κ2) is 6.97. The molecule has 0 aromatic rings. The highest BCUT2D eigenvalue weighted by molar-refractivity contribution is 14.1. The number of nitrogens with zero attached hydrogens (tertiary/aromatic N) is 1. The molecule has 0 fully saturated rings. The first-order chi connectivity index (χ1) is 7.51. The summed E-state index contributed by atoms with van der Waals surface area (Å²) in [4.78, 5) is 11.8. The highest BCUT2D eigenvalue weighted by Gasteiger charge is 2.19. The van der Waals surface area contributed by atoms with Gasteiger partial charge in [0, 0.05) is 19.5 Å². The van der Waals surface area contributed by atoms with Crippen LogP contribution in [-0.4, -0.2) is 29.5 Å². The van der Waals surface area contributed by atoms with Gasteiger partial charge in [-0.15, -0.1) is 0 Å². The second-order valence-corrected chi connectivity index (χ2v) is 7.85. The zero-order valence-electron chi connectivity index (χ0n) is 11.9. The number of carbonyl (C=O) groups excluding carboxylic acids is 1. The minimum atomic E-state index is 0.0610. The number of hydrogen-bond donors (Lipinski definition) is 1. The van der Waals surface area contributed by atoms with Crippen molar-refractivity contribution in [1.82, 2.24) is 8.34 Å². The van der Waals surface area contributed by atoms with Crippen molar-refractivity contribution in [2.45, 2.75) is 53.3 Å². The minimum absolute atomic E-state index is 0.0610. The minimum Gasteiger partial charge on any atom is -0.358 e. The zero-order chi connectivity index (χ0) is 13.7.